The highest BCUT2D eigenvalue weighted by atomic mass is 16.3. The van der Waals surface area contributed by atoms with E-state index < -0.39 is 0 Å². The number of hydrogen-bond acceptors (Lipinski definition) is 4. The number of aromatic nitrogens is 4. The first kappa shape index (κ1) is 34.2. The van der Waals surface area contributed by atoms with Gasteiger partial charge >= 0.3 is 0 Å². The predicted molar refractivity (Wildman–Crippen MR) is 247 cm³/mol. The lowest BCUT2D eigenvalue weighted by molar-refractivity contribution is 0.666. The average molecular weight is 769 g/mol. The Balaban J connectivity index is 1.14. The Morgan fingerprint density at radius 2 is 1.08 bits per heavy atom. The number of para-hydroxylation sites is 1. The maximum Gasteiger partial charge on any atom is 0.164 e. The van der Waals surface area contributed by atoms with Crippen LogP contribution in [0.3, 0.4) is 0 Å². The van der Waals surface area contributed by atoms with Crippen LogP contribution in [0.15, 0.2) is 199 Å². The molecule has 1 aliphatic rings. The molecule has 0 fully saturated rings. The van der Waals surface area contributed by atoms with Crippen LogP contribution in [0.2, 0.25) is 0 Å². The van der Waals surface area contributed by atoms with Crippen molar-refractivity contribution in [2.24, 2.45) is 0 Å². The van der Waals surface area contributed by atoms with Gasteiger partial charge in [-0.3, -0.25) is 0 Å². The molecule has 0 aliphatic heterocycles. The van der Waals surface area contributed by atoms with Crippen molar-refractivity contribution < 1.29 is 4.42 Å². The summed E-state index contributed by atoms with van der Waals surface area (Å²) in [7, 11) is 0. The molecular formula is C55H36N4O. The van der Waals surface area contributed by atoms with E-state index in [0.29, 0.717) is 17.5 Å². The van der Waals surface area contributed by atoms with E-state index in [1.807, 2.05) is 72.8 Å². The van der Waals surface area contributed by atoms with Crippen molar-refractivity contribution in [3.05, 3.63) is 200 Å². The first-order valence-corrected chi connectivity index (χ1v) is 20.5. The maximum atomic E-state index is 7.01. The van der Waals surface area contributed by atoms with Crippen molar-refractivity contribution in [1.82, 2.24) is 19.5 Å². The van der Waals surface area contributed by atoms with Crippen LogP contribution in [-0.4, -0.2) is 19.5 Å². The minimum atomic E-state index is 0.594. The number of allylic oxidation sites excluding steroid dienone is 4. The Bertz CT molecular complexity index is 3470. The zero-order valence-corrected chi connectivity index (χ0v) is 32.6. The molecule has 3 heterocycles. The van der Waals surface area contributed by atoms with Crippen molar-refractivity contribution in [2.45, 2.75) is 12.8 Å². The number of rotatable bonds is 6. The maximum absolute atomic E-state index is 7.01. The van der Waals surface area contributed by atoms with Crippen LogP contribution in [0.5, 0.6) is 0 Å². The smallest absolute Gasteiger partial charge is 0.164 e. The van der Waals surface area contributed by atoms with Gasteiger partial charge in [-0.2, -0.15) is 0 Å². The van der Waals surface area contributed by atoms with Gasteiger partial charge in [-0.15, -0.1) is 0 Å². The molecule has 8 aromatic carbocycles. The van der Waals surface area contributed by atoms with Gasteiger partial charge in [0.05, 0.1) is 16.7 Å². The molecule has 282 valence electrons. The fourth-order valence-corrected chi connectivity index (χ4v) is 9.13. The highest BCUT2D eigenvalue weighted by Gasteiger charge is 2.24. The second-order valence-electron chi connectivity index (χ2n) is 15.4. The molecule has 0 saturated carbocycles. The van der Waals surface area contributed by atoms with Gasteiger partial charge in [0.25, 0.3) is 0 Å². The van der Waals surface area contributed by atoms with Crippen molar-refractivity contribution >= 4 is 60.1 Å². The zero-order valence-electron chi connectivity index (χ0n) is 32.6. The lowest BCUT2D eigenvalue weighted by Gasteiger charge is -2.14. The molecule has 60 heavy (non-hydrogen) atoms. The third-order valence-corrected chi connectivity index (χ3v) is 11.9. The first-order chi connectivity index (χ1) is 29.8. The number of fused-ring (bicyclic) bond motifs is 8. The van der Waals surface area contributed by atoms with E-state index in [9.17, 15) is 0 Å². The predicted octanol–water partition coefficient (Wildman–Crippen LogP) is 14.4. The number of hydrogen-bond donors (Lipinski definition) is 0. The van der Waals surface area contributed by atoms with E-state index in [1.165, 1.54) is 43.8 Å². The summed E-state index contributed by atoms with van der Waals surface area (Å²) in [6, 6.07) is 61.7. The largest absolute Gasteiger partial charge is 0.454 e. The Kier molecular flexibility index (Phi) is 7.91. The molecule has 0 saturated heterocycles. The summed E-state index contributed by atoms with van der Waals surface area (Å²) in [5, 5.41) is 6.87. The molecule has 5 heteroatoms. The van der Waals surface area contributed by atoms with Crippen LogP contribution >= 0.6 is 0 Å². The first-order valence-electron chi connectivity index (χ1n) is 20.5. The molecule has 1 aliphatic carbocycles. The summed E-state index contributed by atoms with van der Waals surface area (Å²) >= 11 is 0. The van der Waals surface area contributed by atoms with E-state index in [2.05, 4.69) is 126 Å². The third kappa shape index (κ3) is 5.51. The molecule has 0 amide bonds. The number of furan rings is 1. The normalized spacial score (nSPS) is 12.9. The van der Waals surface area contributed by atoms with Crippen molar-refractivity contribution in [3.8, 4) is 51.0 Å². The monoisotopic (exact) mass is 768 g/mol. The van der Waals surface area contributed by atoms with Gasteiger partial charge < -0.3 is 8.98 Å². The SMILES string of the molecule is C1=CC(c2cc3c(c4ccccc24)c2cc(-c4ccccc4)ccc2n3-c2cccc3c2oc2cccc(-c4nc(-c5ccccc5)nc(-c5ccccc5)n4)c23)=CCC1. The summed E-state index contributed by atoms with van der Waals surface area (Å²) in [5.74, 6) is 1.84. The Hall–Kier alpha value is -7.89. The van der Waals surface area contributed by atoms with Crippen LogP contribution in [-0.2, 0) is 0 Å². The van der Waals surface area contributed by atoms with E-state index in [0.717, 1.165) is 68.2 Å². The second kappa shape index (κ2) is 13.9. The molecule has 11 aromatic rings. The van der Waals surface area contributed by atoms with Gasteiger partial charge in [-0.05, 0) is 76.2 Å². The van der Waals surface area contributed by atoms with Crippen LogP contribution in [0.25, 0.3) is 111 Å². The topological polar surface area (TPSA) is 56.7 Å². The minimum absolute atomic E-state index is 0.594. The van der Waals surface area contributed by atoms with Crippen LogP contribution in [0.4, 0.5) is 0 Å². The van der Waals surface area contributed by atoms with Gasteiger partial charge in [-0.1, -0.05) is 164 Å². The molecule has 5 nitrogen and oxygen atoms in total. The van der Waals surface area contributed by atoms with Crippen LogP contribution < -0.4 is 0 Å². The van der Waals surface area contributed by atoms with Gasteiger partial charge in [0, 0.05) is 38.2 Å². The van der Waals surface area contributed by atoms with E-state index in [1.54, 1.807) is 0 Å². The number of benzene rings is 8. The van der Waals surface area contributed by atoms with Crippen LogP contribution in [0.1, 0.15) is 18.4 Å². The van der Waals surface area contributed by atoms with E-state index in [4.69, 9.17) is 19.4 Å². The van der Waals surface area contributed by atoms with Crippen LogP contribution in [0, 0.1) is 0 Å². The lowest BCUT2D eigenvalue weighted by atomic mass is 9.92. The number of nitrogens with zero attached hydrogens (tertiary/aromatic N) is 4. The molecule has 12 rings (SSSR count). The molecule has 3 aromatic heterocycles. The minimum Gasteiger partial charge on any atom is -0.454 e. The fraction of sp³-hybridized carbons (Fsp3) is 0.0364. The van der Waals surface area contributed by atoms with E-state index >= 15 is 0 Å². The van der Waals surface area contributed by atoms with Gasteiger partial charge in [-0.25, -0.2) is 15.0 Å². The van der Waals surface area contributed by atoms with E-state index in [-0.39, 0.29) is 0 Å². The second-order valence-corrected chi connectivity index (χ2v) is 15.4. The summed E-state index contributed by atoms with van der Waals surface area (Å²) in [6.07, 6.45) is 9.05. The zero-order chi connectivity index (χ0) is 39.6. The Morgan fingerprint density at radius 3 is 1.80 bits per heavy atom. The average Bonchev–Trinajstić information content (AvgIpc) is 3.88. The van der Waals surface area contributed by atoms with Crippen molar-refractivity contribution in [1.29, 1.82) is 0 Å². The molecular weight excluding hydrogens is 733 g/mol. The molecule has 0 unspecified atom stereocenters. The van der Waals surface area contributed by atoms with Crippen molar-refractivity contribution in [2.75, 3.05) is 0 Å². The molecule has 0 radical (unpaired) electrons. The summed E-state index contributed by atoms with van der Waals surface area (Å²) in [6.45, 7) is 0. The summed E-state index contributed by atoms with van der Waals surface area (Å²) < 4.78 is 9.42. The summed E-state index contributed by atoms with van der Waals surface area (Å²) in [5.41, 5.74) is 12.4. The van der Waals surface area contributed by atoms with Gasteiger partial charge in [0.1, 0.15) is 5.58 Å². The highest BCUT2D eigenvalue weighted by molar-refractivity contribution is 6.25. The fourth-order valence-electron chi connectivity index (χ4n) is 9.13. The third-order valence-electron chi connectivity index (χ3n) is 11.9. The Labute approximate surface area is 346 Å². The summed E-state index contributed by atoms with van der Waals surface area (Å²) in [4.78, 5) is 15.2. The van der Waals surface area contributed by atoms with Gasteiger partial charge in [0.15, 0.2) is 23.1 Å². The van der Waals surface area contributed by atoms with Gasteiger partial charge in [0.2, 0.25) is 0 Å². The quantitative estimate of drug-likeness (QED) is 0.169. The molecule has 0 N–H and O–H groups in total. The van der Waals surface area contributed by atoms with Crippen molar-refractivity contribution in [3.63, 3.8) is 0 Å². The Morgan fingerprint density at radius 1 is 0.433 bits per heavy atom. The molecule has 0 bridgehead atoms. The highest BCUT2D eigenvalue weighted by Crippen LogP contribution is 2.45. The molecule has 0 atom stereocenters. The molecule has 0 spiro atoms. The standard InChI is InChI=1S/C55H36N4O/c1-5-17-35(18-6-1)39-31-32-46-45(33-39)50-41-26-14-13-25-40(41)44(36-19-7-2-8-20-36)34-48(50)59(46)47-29-15-27-42-51-43(28-16-30-49(51)60-52(42)47)55-57-53(37-21-9-3-10-22-37)56-54(58-55)38-23-11-4-12-24-38/h1,3-7,9-34H,2,8H2. The lowest BCUT2D eigenvalue weighted by Crippen LogP contribution is -2.00.